The molecule has 2 rings (SSSR count). The number of hydrogen-bond donors (Lipinski definition) is 2. The molecule has 0 saturated heterocycles. The SMILES string of the molecule is Nc1cc(=O)n2cc(O)ccc2n1. The molecule has 0 aromatic carbocycles. The Morgan fingerprint density at radius 3 is 3.00 bits per heavy atom. The van der Waals surface area contributed by atoms with Crippen LogP contribution >= 0.6 is 0 Å². The Morgan fingerprint density at radius 1 is 1.46 bits per heavy atom. The number of aromatic hydroxyl groups is 1. The van der Waals surface area contributed by atoms with Crippen LogP contribution in [0, 0.1) is 0 Å². The summed E-state index contributed by atoms with van der Waals surface area (Å²) in [4.78, 5) is 15.2. The van der Waals surface area contributed by atoms with Crippen LogP contribution in [0.25, 0.3) is 5.65 Å². The average Bonchev–Trinajstić information content (AvgIpc) is 2.06. The summed E-state index contributed by atoms with van der Waals surface area (Å²) in [6, 6.07) is 4.17. The molecule has 2 heterocycles. The van der Waals surface area contributed by atoms with Crippen molar-refractivity contribution < 1.29 is 5.11 Å². The van der Waals surface area contributed by atoms with Crippen molar-refractivity contribution in [2.45, 2.75) is 0 Å². The number of rotatable bonds is 0. The van der Waals surface area contributed by atoms with Crippen LogP contribution < -0.4 is 11.3 Å². The molecule has 0 bridgehead atoms. The quantitative estimate of drug-likeness (QED) is 0.592. The van der Waals surface area contributed by atoms with E-state index in [1.165, 1.54) is 28.8 Å². The predicted molar refractivity (Wildman–Crippen MR) is 47.5 cm³/mol. The van der Waals surface area contributed by atoms with Crippen molar-refractivity contribution in [1.29, 1.82) is 0 Å². The van der Waals surface area contributed by atoms with Gasteiger partial charge in [0, 0.05) is 6.07 Å². The highest BCUT2D eigenvalue weighted by Gasteiger charge is 1.99. The molecule has 0 spiro atoms. The van der Waals surface area contributed by atoms with Crippen molar-refractivity contribution in [2.75, 3.05) is 5.73 Å². The number of aromatic nitrogens is 2. The van der Waals surface area contributed by atoms with Gasteiger partial charge >= 0.3 is 0 Å². The molecule has 0 saturated carbocycles. The second-order valence-corrected chi connectivity index (χ2v) is 2.63. The Balaban J connectivity index is 2.95. The third-order valence-electron chi connectivity index (χ3n) is 1.66. The van der Waals surface area contributed by atoms with Crippen LogP contribution in [0.5, 0.6) is 5.75 Å². The molecule has 13 heavy (non-hydrogen) atoms. The number of pyridine rings is 1. The van der Waals surface area contributed by atoms with Gasteiger partial charge < -0.3 is 10.8 Å². The van der Waals surface area contributed by atoms with Crippen LogP contribution in [0.4, 0.5) is 5.82 Å². The maximum Gasteiger partial charge on any atom is 0.260 e. The van der Waals surface area contributed by atoms with Gasteiger partial charge in [0.2, 0.25) is 0 Å². The lowest BCUT2D eigenvalue weighted by Crippen LogP contribution is -2.14. The normalized spacial score (nSPS) is 10.5. The molecule has 0 aliphatic carbocycles. The molecule has 0 radical (unpaired) electrons. The first-order chi connectivity index (χ1) is 6.16. The van der Waals surface area contributed by atoms with Crippen LogP contribution in [-0.4, -0.2) is 14.5 Å². The number of fused-ring (bicyclic) bond motifs is 1. The Morgan fingerprint density at radius 2 is 2.23 bits per heavy atom. The first-order valence-electron chi connectivity index (χ1n) is 3.65. The lowest BCUT2D eigenvalue weighted by molar-refractivity contribution is 0.471. The minimum atomic E-state index is -0.307. The van der Waals surface area contributed by atoms with Crippen molar-refractivity contribution in [3.8, 4) is 5.75 Å². The molecule has 2 aromatic heterocycles. The largest absolute Gasteiger partial charge is 0.506 e. The van der Waals surface area contributed by atoms with E-state index in [0.717, 1.165) is 0 Å². The smallest absolute Gasteiger partial charge is 0.260 e. The Bertz CT molecular complexity index is 518. The molecule has 0 fully saturated rings. The van der Waals surface area contributed by atoms with Gasteiger partial charge in [-0.05, 0) is 12.1 Å². The zero-order valence-electron chi connectivity index (χ0n) is 6.64. The van der Waals surface area contributed by atoms with Crippen LogP contribution in [-0.2, 0) is 0 Å². The van der Waals surface area contributed by atoms with Gasteiger partial charge in [-0.2, -0.15) is 0 Å². The number of nitrogens with zero attached hydrogens (tertiary/aromatic N) is 2. The van der Waals surface area contributed by atoms with E-state index in [-0.39, 0.29) is 17.1 Å². The van der Waals surface area contributed by atoms with Crippen molar-refractivity contribution in [2.24, 2.45) is 0 Å². The highest BCUT2D eigenvalue weighted by molar-refractivity contribution is 5.45. The van der Waals surface area contributed by atoms with E-state index in [0.29, 0.717) is 5.65 Å². The van der Waals surface area contributed by atoms with E-state index in [2.05, 4.69) is 4.98 Å². The van der Waals surface area contributed by atoms with Gasteiger partial charge in [0.25, 0.3) is 5.56 Å². The molecule has 0 aliphatic rings. The fourth-order valence-electron chi connectivity index (χ4n) is 1.11. The van der Waals surface area contributed by atoms with Gasteiger partial charge in [-0.1, -0.05) is 0 Å². The maximum atomic E-state index is 11.3. The summed E-state index contributed by atoms with van der Waals surface area (Å²) >= 11 is 0. The number of anilines is 1. The molecule has 0 unspecified atom stereocenters. The lowest BCUT2D eigenvalue weighted by Gasteiger charge is -2.00. The van der Waals surface area contributed by atoms with Gasteiger partial charge in [-0.15, -0.1) is 0 Å². The summed E-state index contributed by atoms with van der Waals surface area (Å²) in [6.07, 6.45) is 1.30. The molecule has 2 aromatic rings. The average molecular weight is 177 g/mol. The molecule has 5 nitrogen and oxygen atoms in total. The number of nitrogen functional groups attached to an aromatic ring is 1. The molecule has 5 heteroatoms. The second kappa shape index (κ2) is 2.48. The van der Waals surface area contributed by atoms with Crippen molar-refractivity contribution in [3.05, 3.63) is 34.7 Å². The fraction of sp³-hybridized carbons (Fsp3) is 0. The van der Waals surface area contributed by atoms with E-state index in [4.69, 9.17) is 10.8 Å². The molecule has 66 valence electrons. The third kappa shape index (κ3) is 1.20. The Kier molecular flexibility index (Phi) is 1.45. The molecule has 3 N–H and O–H groups in total. The number of hydrogen-bond acceptors (Lipinski definition) is 4. The summed E-state index contributed by atoms with van der Waals surface area (Å²) in [5.74, 6) is 0.192. The summed E-state index contributed by atoms with van der Waals surface area (Å²) in [6.45, 7) is 0. The van der Waals surface area contributed by atoms with E-state index < -0.39 is 0 Å². The van der Waals surface area contributed by atoms with Crippen LogP contribution in [0.15, 0.2) is 29.2 Å². The Hall–Kier alpha value is -2.04. The summed E-state index contributed by atoms with van der Waals surface area (Å²) in [5.41, 5.74) is 5.49. The minimum Gasteiger partial charge on any atom is -0.506 e. The Labute approximate surface area is 73.1 Å². The van der Waals surface area contributed by atoms with E-state index in [1.807, 2.05) is 0 Å². The number of nitrogens with two attached hydrogens (primary N) is 1. The van der Waals surface area contributed by atoms with Gasteiger partial charge in [-0.3, -0.25) is 9.20 Å². The molecule has 0 aliphatic heterocycles. The standard InChI is InChI=1S/C8H7N3O2/c9-6-3-8(13)11-4-5(12)1-2-7(11)10-6/h1-4,12H,9H2. The highest BCUT2D eigenvalue weighted by Crippen LogP contribution is 2.08. The zero-order chi connectivity index (χ0) is 9.42. The third-order valence-corrected chi connectivity index (χ3v) is 1.66. The fourth-order valence-corrected chi connectivity index (χ4v) is 1.11. The van der Waals surface area contributed by atoms with Gasteiger partial charge in [-0.25, -0.2) is 4.98 Å². The predicted octanol–water partition coefficient (Wildman–Crippen LogP) is -0.0177. The van der Waals surface area contributed by atoms with Crippen molar-refractivity contribution in [3.63, 3.8) is 0 Å². The minimum absolute atomic E-state index is 0.0150. The van der Waals surface area contributed by atoms with Crippen LogP contribution in [0.3, 0.4) is 0 Å². The first-order valence-corrected chi connectivity index (χ1v) is 3.65. The molecule has 0 amide bonds. The first kappa shape index (κ1) is 7.60. The lowest BCUT2D eigenvalue weighted by atomic mass is 10.4. The van der Waals surface area contributed by atoms with E-state index in [9.17, 15) is 4.79 Å². The molecule has 0 atom stereocenters. The van der Waals surface area contributed by atoms with Gasteiger partial charge in [0.05, 0.1) is 6.20 Å². The summed E-state index contributed by atoms with van der Waals surface area (Å²) in [7, 11) is 0. The van der Waals surface area contributed by atoms with Crippen molar-refractivity contribution in [1.82, 2.24) is 9.38 Å². The highest BCUT2D eigenvalue weighted by atomic mass is 16.3. The maximum absolute atomic E-state index is 11.3. The zero-order valence-corrected chi connectivity index (χ0v) is 6.64. The van der Waals surface area contributed by atoms with E-state index in [1.54, 1.807) is 0 Å². The van der Waals surface area contributed by atoms with Crippen molar-refractivity contribution >= 4 is 11.5 Å². The molecular weight excluding hydrogens is 170 g/mol. The summed E-state index contributed by atoms with van der Waals surface area (Å²) < 4.78 is 1.23. The van der Waals surface area contributed by atoms with Crippen LogP contribution in [0.2, 0.25) is 0 Å². The monoisotopic (exact) mass is 177 g/mol. The van der Waals surface area contributed by atoms with Crippen LogP contribution in [0.1, 0.15) is 0 Å². The van der Waals surface area contributed by atoms with Gasteiger partial charge in [0.15, 0.2) is 0 Å². The topological polar surface area (TPSA) is 80.6 Å². The van der Waals surface area contributed by atoms with E-state index >= 15 is 0 Å². The summed E-state index contributed by atoms with van der Waals surface area (Å²) in [5, 5.41) is 9.11. The second-order valence-electron chi connectivity index (χ2n) is 2.63. The van der Waals surface area contributed by atoms with Gasteiger partial charge in [0.1, 0.15) is 17.2 Å². The molecular formula is C8H7N3O2.